The van der Waals surface area contributed by atoms with E-state index in [9.17, 15) is 18.8 Å². The van der Waals surface area contributed by atoms with E-state index >= 15 is 0 Å². The number of nitrogens with one attached hydrogen (secondary N) is 1. The third-order valence-corrected chi connectivity index (χ3v) is 6.39. The number of fused-ring (bicyclic) bond motifs is 1. The van der Waals surface area contributed by atoms with E-state index in [0.29, 0.717) is 30.2 Å². The number of carbonyl (C=O) groups excluding carboxylic acids is 1. The van der Waals surface area contributed by atoms with E-state index < -0.39 is 5.69 Å². The van der Waals surface area contributed by atoms with Crippen LogP contribution >= 0.6 is 0 Å². The Morgan fingerprint density at radius 1 is 0.939 bits per heavy atom. The lowest BCUT2D eigenvalue weighted by molar-refractivity contribution is -0.122. The fourth-order valence-corrected chi connectivity index (χ4v) is 4.60. The number of halogens is 1. The van der Waals surface area contributed by atoms with E-state index in [4.69, 9.17) is 0 Å². The van der Waals surface area contributed by atoms with Gasteiger partial charge in [-0.2, -0.15) is 0 Å². The van der Waals surface area contributed by atoms with Gasteiger partial charge in [-0.25, -0.2) is 9.18 Å². The molecule has 0 saturated heterocycles. The minimum absolute atomic E-state index is 0.0430. The Labute approximate surface area is 192 Å². The molecule has 0 radical (unpaired) electrons. The van der Waals surface area contributed by atoms with Crippen molar-refractivity contribution in [1.29, 1.82) is 0 Å². The number of unbranched alkanes of at least 4 members (excludes halogenated alkanes) is 1. The molecule has 1 heterocycles. The van der Waals surface area contributed by atoms with Gasteiger partial charge in [-0.3, -0.25) is 18.7 Å². The van der Waals surface area contributed by atoms with Gasteiger partial charge in [-0.1, -0.05) is 43.5 Å². The molecular formula is C26H30FN3O3. The van der Waals surface area contributed by atoms with Crippen molar-refractivity contribution in [3.05, 3.63) is 80.7 Å². The van der Waals surface area contributed by atoms with Crippen LogP contribution in [0.25, 0.3) is 10.9 Å². The highest BCUT2D eigenvalue weighted by molar-refractivity contribution is 5.78. The molecule has 0 atom stereocenters. The first-order valence-electron chi connectivity index (χ1n) is 11.8. The Kier molecular flexibility index (Phi) is 7.37. The SMILES string of the molecule is O=C(CCCCn1c(=O)c2ccccc2n(Cc2ccc(F)cc2)c1=O)NC1CCCCC1. The standard InChI is InChI=1S/C26H30FN3O3/c27-20-15-13-19(14-16-20)18-30-23-11-5-4-10-22(23)25(32)29(26(30)33)17-7-6-12-24(31)28-21-8-2-1-3-9-21/h4-5,10-11,13-16,21H,1-3,6-9,12,17-18H2,(H,28,31). The number of rotatable bonds is 8. The van der Waals surface area contributed by atoms with Crippen molar-refractivity contribution in [3.8, 4) is 0 Å². The monoisotopic (exact) mass is 451 g/mol. The molecule has 33 heavy (non-hydrogen) atoms. The Morgan fingerprint density at radius 3 is 2.42 bits per heavy atom. The molecule has 0 unspecified atom stereocenters. The minimum Gasteiger partial charge on any atom is -0.353 e. The number of benzene rings is 2. The van der Waals surface area contributed by atoms with Crippen LogP contribution < -0.4 is 16.6 Å². The predicted octanol–water partition coefficient (Wildman–Crippen LogP) is 3.97. The fraction of sp³-hybridized carbons (Fsp3) is 0.423. The van der Waals surface area contributed by atoms with E-state index in [0.717, 1.165) is 18.4 Å². The first-order valence-corrected chi connectivity index (χ1v) is 11.8. The molecule has 0 bridgehead atoms. The summed E-state index contributed by atoms with van der Waals surface area (Å²) in [5.74, 6) is -0.296. The van der Waals surface area contributed by atoms with E-state index in [-0.39, 0.29) is 36.4 Å². The lowest BCUT2D eigenvalue weighted by atomic mass is 9.95. The highest BCUT2D eigenvalue weighted by Gasteiger charge is 2.16. The third kappa shape index (κ3) is 5.59. The molecule has 174 valence electrons. The summed E-state index contributed by atoms with van der Waals surface area (Å²) in [4.78, 5) is 38.5. The molecule has 1 aromatic heterocycles. The first-order chi connectivity index (χ1) is 16.0. The van der Waals surface area contributed by atoms with Gasteiger partial charge in [0, 0.05) is 19.0 Å². The second-order valence-corrected chi connectivity index (χ2v) is 8.83. The van der Waals surface area contributed by atoms with Crippen molar-refractivity contribution >= 4 is 16.8 Å². The van der Waals surface area contributed by atoms with Crippen molar-refractivity contribution in [2.75, 3.05) is 0 Å². The maximum absolute atomic E-state index is 13.3. The molecule has 0 spiro atoms. The molecule has 0 aliphatic heterocycles. The maximum Gasteiger partial charge on any atom is 0.331 e. The van der Waals surface area contributed by atoms with Crippen LogP contribution in [0.1, 0.15) is 56.9 Å². The van der Waals surface area contributed by atoms with Crippen LogP contribution in [0.4, 0.5) is 4.39 Å². The quantitative estimate of drug-likeness (QED) is 0.527. The van der Waals surface area contributed by atoms with Gasteiger partial charge >= 0.3 is 5.69 Å². The molecule has 3 aromatic rings. The number of hydrogen-bond acceptors (Lipinski definition) is 3. The Bertz CT molecular complexity index is 1220. The van der Waals surface area contributed by atoms with Crippen molar-refractivity contribution in [2.24, 2.45) is 0 Å². The lowest BCUT2D eigenvalue weighted by Crippen LogP contribution is -2.40. The molecule has 1 saturated carbocycles. The number of para-hydroxylation sites is 1. The van der Waals surface area contributed by atoms with Crippen LogP contribution in [0.5, 0.6) is 0 Å². The number of hydrogen-bond donors (Lipinski definition) is 1. The minimum atomic E-state index is -0.394. The van der Waals surface area contributed by atoms with Gasteiger partial charge in [0.1, 0.15) is 5.82 Å². The smallest absolute Gasteiger partial charge is 0.331 e. The van der Waals surface area contributed by atoms with Gasteiger partial charge in [-0.15, -0.1) is 0 Å². The second-order valence-electron chi connectivity index (χ2n) is 8.83. The summed E-state index contributed by atoms with van der Waals surface area (Å²) in [6.07, 6.45) is 7.23. The summed E-state index contributed by atoms with van der Waals surface area (Å²) in [6, 6.07) is 13.3. The fourth-order valence-electron chi connectivity index (χ4n) is 4.60. The summed E-state index contributed by atoms with van der Waals surface area (Å²) in [5, 5.41) is 3.57. The summed E-state index contributed by atoms with van der Waals surface area (Å²) < 4.78 is 16.1. The topological polar surface area (TPSA) is 73.1 Å². The van der Waals surface area contributed by atoms with Crippen LogP contribution in [0.2, 0.25) is 0 Å². The Hall–Kier alpha value is -3.22. The first kappa shape index (κ1) is 23.0. The normalized spacial score (nSPS) is 14.5. The molecule has 1 amide bonds. The molecule has 7 heteroatoms. The molecule has 4 rings (SSSR count). The Balaban J connectivity index is 1.47. The molecule has 6 nitrogen and oxygen atoms in total. The maximum atomic E-state index is 13.3. The number of carbonyl (C=O) groups is 1. The van der Waals surface area contributed by atoms with Crippen molar-refractivity contribution in [3.63, 3.8) is 0 Å². The van der Waals surface area contributed by atoms with E-state index in [1.165, 1.54) is 36.0 Å². The number of nitrogens with zero attached hydrogens (tertiary/aromatic N) is 2. The van der Waals surface area contributed by atoms with Gasteiger partial charge in [-0.05, 0) is 55.5 Å². The largest absolute Gasteiger partial charge is 0.353 e. The van der Waals surface area contributed by atoms with E-state index in [1.807, 2.05) is 0 Å². The van der Waals surface area contributed by atoms with Crippen molar-refractivity contribution < 1.29 is 9.18 Å². The number of aromatic nitrogens is 2. The highest BCUT2D eigenvalue weighted by atomic mass is 19.1. The summed E-state index contributed by atoms with van der Waals surface area (Å²) in [5.41, 5.74) is 0.612. The molecule has 2 aromatic carbocycles. The summed E-state index contributed by atoms with van der Waals surface area (Å²) in [7, 11) is 0. The van der Waals surface area contributed by atoms with E-state index in [1.54, 1.807) is 41.0 Å². The van der Waals surface area contributed by atoms with Crippen LogP contribution in [0.15, 0.2) is 58.1 Å². The lowest BCUT2D eigenvalue weighted by Gasteiger charge is -2.22. The van der Waals surface area contributed by atoms with E-state index in [2.05, 4.69) is 5.32 Å². The molecule has 1 aliphatic rings. The van der Waals surface area contributed by atoms with Gasteiger partial charge in [0.05, 0.1) is 17.4 Å². The van der Waals surface area contributed by atoms with Crippen LogP contribution in [-0.2, 0) is 17.9 Å². The average Bonchev–Trinajstić information content (AvgIpc) is 2.83. The zero-order valence-corrected chi connectivity index (χ0v) is 18.8. The summed E-state index contributed by atoms with van der Waals surface area (Å²) >= 11 is 0. The van der Waals surface area contributed by atoms with Crippen LogP contribution in [0, 0.1) is 5.82 Å². The van der Waals surface area contributed by atoms with Gasteiger partial charge in [0.2, 0.25) is 5.91 Å². The predicted molar refractivity (Wildman–Crippen MR) is 127 cm³/mol. The van der Waals surface area contributed by atoms with Crippen LogP contribution in [-0.4, -0.2) is 21.1 Å². The highest BCUT2D eigenvalue weighted by Crippen LogP contribution is 2.17. The second kappa shape index (κ2) is 10.6. The van der Waals surface area contributed by atoms with Gasteiger partial charge < -0.3 is 5.32 Å². The molecule has 1 fully saturated rings. The van der Waals surface area contributed by atoms with Gasteiger partial charge in [0.25, 0.3) is 5.56 Å². The third-order valence-electron chi connectivity index (χ3n) is 6.39. The van der Waals surface area contributed by atoms with Crippen LogP contribution in [0.3, 0.4) is 0 Å². The zero-order chi connectivity index (χ0) is 23.2. The average molecular weight is 452 g/mol. The van der Waals surface area contributed by atoms with Gasteiger partial charge in [0.15, 0.2) is 0 Å². The Morgan fingerprint density at radius 2 is 1.67 bits per heavy atom. The zero-order valence-electron chi connectivity index (χ0n) is 18.8. The van der Waals surface area contributed by atoms with Crippen molar-refractivity contribution in [2.45, 2.75) is 70.5 Å². The molecule has 1 N–H and O–H groups in total. The van der Waals surface area contributed by atoms with Crippen molar-refractivity contribution in [1.82, 2.24) is 14.5 Å². The molecule has 1 aliphatic carbocycles. The molecular weight excluding hydrogens is 421 g/mol. The summed E-state index contributed by atoms with van der Waals surface area (Å²) in [6.45, 7) is 0.492. The number of amides is 1.